The summed E-state index contributed by atoms with van der Waals surface area (Å²) in [4.78, 5) is 2.37. The fourth-order valence-corrected chi connectivity index (χ4v) is 2.45. The molecule has 1 rings (SSSR count). The van der Waals surface area contributed by atoms with Crippen LogP contribution >= 0.6 is 15.9 Å². The van der Waals surface area contributed by atoms with Crippen molar-refractivity contribution in [2.24, 2.45) is 11.7 Å². The summed E-state index contributed by atoms with van der Waals surface area (Å²) in [5, 5.41) is 0. The number of nitrogens with two attached hydrogens (primary N) is 1. The maximum absolute atomic E-state index is 5.68. The summed E-state index contributed by atoms with van der Waals surface area (Å²) in [5.74, 6) is 1.57. The van der Waals surface area contributed by atoms with E-state index in [-0.39, 0.29) is 0 Å². The lowest BCUT2D eigenvalue weighted by molar-refractivity contribution is 0.239. The first kappa shape index (κ1) is 15.5. The Morgan fingerprint density at radius 3 is 2.67 bits per heavy atom. The lowest BCUT2D eigenvalue weighted by Gasteiger charge is -2.24. The quantitative estimate of drug-likeness (QED) is 0.841. The van der Waals surface area contributed by atoms with E-state index in [0.29, 0.717) is 12.5 Å². The molecule has 0 heterocycles. The molecule has 4 heteroatoms. The number of hydrogen-bond acceptors (Lipinski definition) is 3. The summed E-state index contributed by atoms with van der Waals surface area (Å²) in [6.45, 7) is 7.96. The van der Waals surface area contributed by atoms with Crippen LogP contribution in [0.15, 0.2) is 22.7 Å². The SMILES string of the molecule is COc1ccc(Br)cc1CN(CCN)CC(C)C. The van der Waals surface area contributed by atoms with Crippen molar-refractivity contribution in [3.63, 3.8) is 0 Å². The van der Waals surface area contributed by atoms with Crippen LogP contribution in [0.25, 0.3) is 0 Å². The smallest absolute Gasteiger partial charge is 0.123 e. The molecule has 0 saturated heterocycles. The first-order valence-electron chi connectivity index (χ1n) is 6.31. The molecular formula is C14H23BrN2O. The van der Waals surface area contributed by atoms with Gasteiger partial charge in [-0.2, -0.15) is 0 Å². The van der Waals surface area contributed by atoms with Gasteiger partial charge in [-0.1, -0.05) is 29.8 Å². The van der Waals surface area contributed by atoms with E-state index in [1.807, 2.05) is 12.1 Å². The average molecular weight is 315 g/mol. The van der Waals surface area contributed by atoms with Crippen LogP contribution in [0.3, 0.4) is 0 Å². The van der Waals surface area contributed by atoms with Crippen molar-refractivity contribution in [1.29, 1.82) is 0 Å². The van der Waals surface area contributed by atoms with Crippen molar-refractivity contribution in [3.05, 3.63) is 28.2 Å². The van der Waals surface area contributed by atoms with Crippen LogP contribution in [0, 0.1) is 5.92 Å². The molecule has 102 valence electrons. The highest BCUT2D eigenvalue weighted by atomic mass is 79.9. The minimum atomic E-state index is 0.634. The van der Waals surface area contributed by atoms with Gasteiger partial charge in [-0.25, -0.2) is 0 Å². The van der Waals surface area contributed by atoms with Crippen molar-refractivity contribution in [1.82, 2.24) is 4.90 Å². The van der Waals surface area contributed by atoms with Crippen LogP contribution in [0.5, 0.6) is 5.75 Å². The molecule has 0 bridgehead atoms. The molecule has 0 aliphatic heterocycles. The molecule has 0 aliphatic carbocycles. The molecule has 2 N–H and O–H groups in total. The summed E-state index contributed by atoms with van der Waals surface area (Å²) < 4.78 is 6.48. The van der Waals surface area contributed by atoms with Crippen LogP contribution in [0.1, 0.15) is 19.4 Å². The van der Waals surface area contributed by atoms with E-state index in [9.17, 15) is 0 Å². The molecule has 0 aliphatic rings. The average Bonchev–Trinajstić information content (AvgIpc) is 2.28. The van der Waals surface area contributed by atoms with Gasteiger partial charge in [0.1, 0.15) is 5.75 Å². The van der Waals surface area contributed by atoms with Crippen LogP contribution < -0.4 is 10.5 Å². The molecule has 0 atom stereocenters. The van der Waals surface area contributed by atoms with Crippen LogP contribution in [-0.4, -0.2) is 31.6 Å². The maximum atomic E-state index is 5.68. The van der Waals surface area contributed by atoms with Crippen molar-refractivity contribution in [2.45, 2.75) is 20.4 Å². The molecule has 0 saturated carbocycles. The van der Waals surface area contributed by atoms with E-state index in [2.05, 4.69) is 40.7 Å². The Kier molecular flexibility index (Phi) is 6.68. The Balaban J connectivity index is 2.81. The lowest BCUT2D eigenvalue weighted by Crippen LogP contribution is -2.32. The Morgan fingerprint density at radius 2 is 2.11 bits per heavy atom. The minimum absolute atomic E-state index is 0.634. The number of benzene rings is 1. The van der Waals surface area contributed by atoms with E-state index < -0.39 is 0 Å². The third-order valence-electron chi connectivity index (χ3n) is 2.71. The van der Waals surface area contributed by atoms with Gasteiger partial charge in [0.2, 0.25) is 0 Å². The number of methoxy groups -OCH3 is 1. The first-order valence-corrected chi connectivity index (χ1v) is 7.11. The topological polar surface area (TPSA) is 38.5 Å². The van der Waals surface area contributed by atoms with Gasteiger partial charge in [-0.3, -0.25) is 4.90 Å². The predicted octanol–water partition coefficient (Wildman–Crippen LogP) is 2.87. The molecule has 1 aromatic rings. The highest BCUT2D eigenvalue weighted by molar-refractivity contribution is 9.10. The second kappa shape index (κ2) is 7.77. The zero-order chi connectivity index (χ0) is 13.5. The second-order valence-electron chi connectivity index (χ2n) is 4.87. The number of nitrogens with zero attached hydrogens (tertiary/aromatic N) is 1. The Bertz CT molecular complexity index is 369. The van der Waals surface area contributed by atoms with E-state index >= 15 is 0 Å². The third-order valence-corrected chi connectivity index (χ3v) is 3.20. The van der Waals surface area contributed by atoms with Gasteiger partial charge in [0, 0.05) is 36.2 Å². The Morgan fingerprint density at radius 1 is 1.39 bits per heavy atom. The summed E-state index contributed by atoms with van der Waals surface area (Å²) in [6, 6.07) is 6.11. The second-order valence-corrected chi connectivity index (χ2v) is 5.79. The molecule has 0 fully saturated rings. The molecule has 18 heavy (non-hydrogen) atoms. The molecule has 3 nitrogen and oxygen atoms in total. The molecule has 0 aromatic heterocycles. The maximum Gasteiger partial charge on any atom is 0.123 e. The largest absolute Gasteiger partial charge is 0.496 e. The Labute approximate surface area is 118 Å². The fourth-order valence-electron chi connectivity index (χ4n) is 2.05. The van der Waals surface area contributed by atoms with Crippen LogP contribution in [-0.2, 0) is 6.54 Å². The van der Waals surface area contributed by atoms with Crippen molar-refractivity contribution < 1.29 is 4.74 Å². The summed E-state index contributed by atoms with van der Waals surface area (Å²) in [5.41, 5.74) is 6.87. The zero-order valence-electron chi connectivity index (χ0n) is 11.4. The van der Waals surface area contributed by atoms with Gasteiger partial charge in [-0.15, -0.1) is 0 Å². The summed E-state index contributed by atoms with van der Waals surface area (Å²) in [7, 11) is 1.71. The monoisotopic (exact) mass is 314 g/mol. The lowest BCUT2D eigenvalue weighted by atomic mass is 10.1. The van der Waals surface area contributed by atoms with Gasteiger partial charge in [0.25, 0.3) is 0 Å². The first-order chi connectivity index (χ1) is 8.56. The fraction of sp³-hybridized carbons (Fsp3) is 0.571. The van der Waals surface area contributed by atoms with Gasteiger partial charge in [0.15, 0.2) is 0 Å². The number of halogens is 1. The molecule has 0 spiro atoms. The van der Waals surface area contributed by atoms with Crippen LogP contribution in [0.2, 0.25) is 0 Å². The Hall–Kier alpha value is -0.580. The van der Waals surface area contributed by atoms with Crippen molar-refractivity contribution >= 4 is 15.9 Å². The minimum Gasteiger partial charge on any atom is -0.496 e. The summed E-state index contributed by atoms with van der Waals surface area (Å²) in [6.07, 6.45) is 0. The molecule has 0 unspecified atom stereocenters. The van der Waals surface area contributed by atoms with Gasteiger partial charge in [0.05, 0.1) is 7.11 Å². The number of ether oxygens (including phenoxy) is 1. The normalized spacial score (nSPS) is 11.3. The predicted molar refractivity (Wildman–Crippen MR) is 79.9 cm³/mol. The molecule has 0 radical (unpaired) electrons. The molecule has 0 amide bonds. The summed E-state index contributed by atoms with van der Waals surface area (Å²) >= 11 is 3.51. The highest BCUT2D eigenvalue weighted by Gasteiger charge is 2.11. The molecule has 1 aromatic carbocycles. The highest BCUT2D eigenvalue weighted by Crippen LogP contribution is 2.24. The van der Waals surface area contributed by atoms with E-state index in [1.165, 1.54) is 5.56 Å². The van der Waals surface area contributed by atoms with Crippen molar-refractivity contribution in [3.8, 4) is 5.75 Å². The zero-order valence-corrected chi connectivity index (χ0v) is 13.0. The van der Waals surface area contributed by atoms with E-state index in [0.717, 1.165) is 29.9 Å². The number of rotatable bonds is 7. The standard InChI is InChI=1S/C14H23BrN2O/c1-11(2)9-17(7-6-16)10-12-8-13(15)4-5-14(12)18-3/h4-5,8,11H,6-7,9-10,16H2,1-3H3. The van der Waals surface area contributed by atoms with E-state index in [1.54, 1.807) is 7.11 Å². The third kappa shape index (κ3) is 4.96. The van der Waals surface area contributed by atoms with Gasteiger partial charge < -0.3 is 10.5 Å². The van der Waals surface area contributed by atoms with Crippen LogP contribution in [0.4, 0.5) is 0 Å². The number of hydrogen-bond donors (Lipinski definition) is 1. The molecular weight excluding hydrogens is 292 g/mol. The van der Waals surface area contributed by atoms with Gasteiger partial charge >= 0.3 is 0 Å². The van der Waals surface area contributed by atoms with E-state index in [4.69, 9.17) is 10.5 Å². The van der Waals surface area contributed by atoms with Crippen molar-refractivity contribution in [2.75, 3.05) is 26.7 Å². The van der Waals surface area contributed by atoms with Gasteiger partial charge in [-0.05, 0) is 24.1 Å².